The smallest absolute Gasteiger partial charge is 0.410 e. The Balaban J connectivity index is 1.42. The summed E-state index contributed by atoms with van der Waals surface area (Å²) in [5.74, 6) is 0.227. The van der Waals surface area contributed by atoms with E-state index in [0.717, 1.165) is 41.2 Å². The Morgan fingerprint density at radius 2 is 1.80 bits per heavy atom. The minimum absolute atomic E-state index is 0.0107. The normalized spacial score (nSPS) is 19.1. The average Bonchev–Trinajstić information content (AvgIpc) is 3.21. The van der Waals surface area contributed by atoms with Crippen molar-refractivity contribution in [1.82, 2.24) is 19.9 Å². The van der Waals surface area contributed by atoms with Gasteiger partial charge in [0.25, 0.3) is 0 Å². The summed E-state index contributed by atoms with van der Waals surface area (Å²) in [7, 11) is 0. The van der Waals surface area contributed by atoms with E-state index in [1.54, 1.807) is 6.20 Å². The van der Waals surface area contributed by atoms with Crippen molar-refractivity contribution in [3.05, 3.63) is 54.0 Å². The van der Waals surface area contributed by atoms with Crippen LogP contribution in [0.4, 0.5) is 15.0 Å². The van der Waals surface area contributed by atoms with E-state index in [1.165, 1.54) is 11.8 Å². The fourth-order valence-electron chi connectivity index (χ4n) is 6.14. The van der Waals surface area contributed by atoms with Crippen molar-refractivity contribution >= 4 is 45.3 Å². The molecular weight excluding hydrogens is 525 g/mol. The van der Waals surface area contributed by atoms with Gasteiger partial charge >= 0.3 is 6.09 Å². The quantitative estimate of drug-likeness (QED) is 0.200. The molecular formula is C31H34FN5O2S. The highest BCUT2D eigenvalue weighted by Crippen LogP contribution is 2.39. The molecule has 2 aromatic carbocycles. The van der Waals surface area contributed by atoms with Crippen molar-refractivity contribution in [2.75, 3.05) is 24.2 Å². The van der Waals surface area contributed by atoms with Crippen LogP contribution in [0.2, 0.25) is 0 Å². The lowest BCUT2D eigenvalue weighted by molar-refractivity contribution is 0.0123. The van der Waals surface area contributed by atoms with Crippen LogP contribution < -0.4 is 4.90 Å². The lowest BCUT2D eigenvalue weighted by atomic mass is 9.95. The Kier molecular flexibility index (Phi) is 6.81. The standard InChI is InChI=1S/C31H34FN5O2S/c1-6-18-9-7-10-19-11-8-12-22(24(18)19)26-25(32)27-23(15-33-26)28(35-29(34-27)40-5)36-16-20-13-14-21(17-36)37(20)30(38)39-31(2,3)4/h7-12,15,20-21H,6,13-14,16-17H2,1-5H3. The number of piperazine rings is 1. The number of hydrogen-bond donors (Lipinski definition) is 0. The van der Waals surface area contributed by atoms with Gasteiger partial charge in [-0.25, -0.2) is 19.2 Å². The molecule has 2 aliphatic heterocycles. The molecule has 2 bridgehead atoms. The van der Waals surface area contributed by atoms with E-state index in [9.17, 15) is 4.79 Å². The number of carbonyl (C=O) groups is 1. The fraction of sp³-hybridized carbons (Fsp3) is 0.419. The van der Waals surface area contributed by atoms with Crippen molar-refractivity contribution in [1.29, 1.82) is 0 Å². The first kappa shape index (κ1) is 26.7. The second-order valence-corrected chi connectivity index (χ2v) is 12.3. The summed E-state index contributed by atoms with van der Waals surface area (Å²) in [6, 6.07) is 12.1. The van der Waals surface area contributed by atoms with Gasteiger partial charge in [0.1, 0.15) is 22.6 Å². The SMILES string of the molecule is CCc1cccc2cccc(-c3ncc4c(N5CC6CCC(C5)N6C(=O)OC(C)(C)C)nc(SC)nc4c3F)c12. The summed E-state index contributed by atoms with van der Waals surface area (Å²) in [5.41, 5.74) is 1.94. The van der Waals surface area contributed by atoms with Crippen LogP contribution in [0.15, 0.2) is 47.8 Å². The van der Waals surface area contributed by atoms with E-state index in [-0.39, 0.29) is 23.7 Å². The number of aromatic nitrogens is 3. The first-order valence-electron chi connectivity index (χ1n) is 13.9. The van der Waals surface area contributed by atoms with Crippen LogP contribution in [0.1, 0.15) is 46.1 Å². The Labute approximate surface area is 238 Å². The summed E-state index contributed by atoms with van der Waals surface area (Å²) >= 11 is 1.39. The molecule has 7 nitrogen and oxygen atoms in total. The maximum atomic E-state index is 16.4. The number of amides is 1. The van der Waals surface area contributed by atoms with Gasteiger partial charge in [-0.15, -0.1) is 0 Å². The molecule has 0 radical (unpaired) electrons. The molecule has 6 rings (SSSR count). The van der Waals surface area contributed by atoms with Crippen LogP contribution in [0.3, 0.4) is 0 Å². The van der Waals surface area contributed by atoms with E-state index in [2.05, 4.69) is 27.9 Å². The van der Waals surface area contributed by atoms with Gasteiger partial charge in [-0.1, -0.05) is 55.1 Å². The molecule has 0 spiro atoms. The number of fused-ring (bicyclic) bond motifs is 4. The highest BCUT2D eigenvalue weighted by atomic mass is 32.2. The fourth-order valence-corrected chi connectivity index (χ4v) is 6.50. The van der Waals surface area contributed by atoms with Crippen molar-refractivity contribution in [3.8, 4) is 11.3 Å². The van der Waals surface area contributed by atoms with E-state index < -0.39 is 11.4 Å². The maximum Gasteiger partial charge on any atom is 0.410 e. The van der Waals surface area contributed by atoms with E-state index in [1.807, 2.05) is 62.3 Å². The third-order valence-corrected chi connectivity index (χ3v) is 8.39. The van der Waals surface area contributed by atoms with Gasteiger partial charge in [0.15, 0.2) is 11.0 Å². The zero-order valence-electron chi connectivity index (χ0n) is 23.6. The van der Waals surface area contributed by atoms with Gasteiger partial charge in [0.05, 0.1) is 17.5 Å². The summed E-state index contributed by atoms with van der Waals surface area (Å²) < 4.78 is 22.1. The number of pyridine rings is 1. The first-order chi connectivity index (χ1) is 19.2. The van der Waals surface area contributed by atoms with Crippen LogP contribution in [0, 0.1) is 5.82 Å². The molecule has 2 aromatic heterocycles. The Hall–Kier alpha value is -3.46. The molecule has 40 heavy (non-hydrogen) atoms. The van der Waals surface area contributed by atoms with E-state index in [0.29, 0.717) is 35.1 Å². The molecule has 0 N–H and O–H groups in total. The average molecular weight is 560 g/mol. The van der Waals surface area contributed by atoms with Gasteiger partial charge in [-0.2, -0.15) is 0 Å². The van der Waals surface area contributed by atoms with Crippen LogP contribution in [-0.4, -0.2) is 63.0 Å². The predicted octanol–water partition coefficient (Wildman–Crippen LogP) is 6.86. The zero-order chi connectivity index (χ0) is 28.2. The van der Waals surface area contributed by atoms with Gasteiger partial charge < -0.3 is 9.64 Å². The summed E-state index contributed by atoms with van der Waals surface area (Å²) in [6.07, 6.45) is 5.98. The van der Waals surface area contributed by atoms with Gasteiger partial charge in [0, 0.05) is 24.8 Å². The predicted molar refractivity (Wildman–Crippen MR) is 158 cm³/mol. The number of nitrogens with zero attached hydrogens (tertiary/aromatic N) is 5. The zero-order valence-corrected chi connectivity index (χ0v) is 24.4. The molecule has 2 saturated heterocycles. The topological polar surface area (TPSA) is 71.5 Å². The second kappa shape index (κ2) is 10.2. The number of aryl methyl sites for hydroxylation is 1. The number of ether oxygens (including phenoxy) is 1. The van der Waals surface area contributed by atoms with Crippen LogP contribution >= 0.6 is 11.8 Å². The van der Waals surface area contributed by atoms with Crippen LogP contribution in [0.25, 0.3) is 32.9 Å². The highest BCUT2D eigenvalue weighted by molar-refractivity contribution is 7.98. The number of anilines is 1. The van der Waals surface area contributed by atoms with Crippen molar-refractivity contribution in [2.24, 2.45) is 0 Å². The molecule has 4 aromatic rings. The molecule has 2 aliphatic rings. The third-order valence-electron chi connectivity index (χ3n) is 7.84. The molecule has 2 fully saturated rings. The third kappa shape index (κ3) is 4.64. The minimum Gasteiger partial charge on any atom is -0.444 e. The van der Waals surface area contributed by atoms with Crippen LogP contribution in [-0.2, 0) is 11.2 Å². The van der Waals surface area contributed by atoms with E-state index in [4.69, 9.17) is 9.72 Å². The van der Waals surface area contributed by atoms with Crippen molar-refractivity contribution in [3.63, 3.8) is 0 Å². The lowest BCUT2D eigenvalue weighted by Crippen LogP contribution is -2.57. The number of halogens is 1. The molecule has 0 saturated carbocycles. The maximum absolute atomic E-state index is 16.4. The summed E-state index contributed by atoms with van der Waals surface area (Å²) in [5, 5.41) is 3.17. The van der Waals surface area contributed by atoms with Gasteiger partial charge in [-0.05, 0) is 62.6 Å². The molecule has 4 heterocycles. The molecule has 0 aliphatic carbocycles. The monoisotopic (exact) mass is 559 g/mol. The number of carbonyl (C=O) groups excluding carboxylic acids is 1. The molecule has 9 heteroatoms. The highest BCUT2D eigenvalue weighted by Gasteiger charge is 2.45. The number of benzene rings is 2. The molecule has 1 amide bonds. The van der Waals surface area contributed by atoms with Crippen molar-refractivity contribution in [2.45, 2.75) is 69.8 Å². The largest absolute Gasteiger partial charge is 0.444 e. The van der Waals surface area contributed by atoms with E-state index >= 15 is 4.39 Å². The van der Waals surface area contributed by atoms with Gasteiger partial charge in [0.2, 0.25) is 0 Å². The summed E-state index contributed by atoms with van der Waals surface area (Å²) in [4.78, 5) is 31.2. The van der Waals surface area contributed by atoms with Crippen LogP contribution in [0.5, 0.6) is 0 Å². The Morgan fingerprint density at radius 1 is 1.10 bits per heavy atom. The Bertz CT molecular complexity index is 1600. The Morgan fingerprint density at radius 3 is 2.45 bits per heavy atom. The number of rotatable bonds is 4. The first-order valence-corrected chi connectivity index (χ1v) is 15.1. The van der Waals surface area contributed by atoms with Gasteiger partial charge in [-0.3, -0.25) is 9.88 Å². The summed E-state index contributed by atoms with van der Waals surface area (Å²) in [6.45, 7) is 8.96. The lowest BCUT2D eigenvalue weighted by Gasteiger charge is -2.42. The minimum atomic E-state index is -0.549. The van der Waals surface area contributed by atoms with Crippen molar-refractivity contribution < 1.29 is 13.9 Å². The molecule has 208 valence electrons. The molecule has 2 unspecified atom stereocenters. The second-order valence-electron chi connectivity index (χ2n) is 11.6. The number of hydrogen-bond acceptors (Lipinski definition) is 7. The molecule has 2 atom stereocenters. The number of thioether (sulfide) groups is 1.